The van der Waals surface area contributed by atoms with Gasteiger partial charge in [0, 0.05) is 18.8 Å². The van der Waals surface area contributed by atoms with Gasteiger partial charge in [0.05, 0.1) is 40.0 Å². The number of benzene rings is 1. The Morgan fingerprint density at radius 2 is 1.88 bits per heavy atom. The SMILES string of the molecule is Cn1cc(-c2ccc(S(=O)(=O)[C@H]3C[C@@H](OC4CCCC4)[C@H](C(=O)O)C3)c(C(F)(F)F)c2)cn1. The van der Waals surface area contributed by atoms with Crippen LogP contribution < -0.4 is 0 Å². The number of nitrogens with zero attached hydrogens (tertiary/aromatic N) is 2. The summed E-state index contributed by atoms with van der Waals surface area (Å²) in [5.74, 6) is -2.27. The Morgan fingerprint density at radius 1 is 1.18 bits per heavy atom. The van der Waals surface area contributed by atoms with E-state index in [0.29, 0.717) is 5.56 Å². The molecule has 2 fully saturated rings. The fourth-order valence-electron chi connectivity index (χ4n) is 4.82. The van der Waals surface area contributed by atoms with Crippen molar-refractivity contribution in [2.24, 2.45) is 13.0 Å². The highest BCUT2D eigenvalue weighted by Gasteiger charge is 2.48. The second-order valence-corrected chi connectivity index (χ2v) is 11.0. The molecule has 2 aliphatic rings. The van der Waals surface area contributed by atoms with Crippen LogP contribution in [0.15, 0.2) is 35.5 Å². The molecule has 0 spiro atoms. The van der Waals surface area contributed by atoms with Gasteiger partial charge >= 0.3 is 12.1 Å². The van der Waals surface area contributed by atoms with Crippen molar-refractivity contribution in [2.45, 2.75) is 67.1 Å². The van der Waals surface area contributed by atoms with E-state index >= 15 is 0 Å². The number of aryl methyl sites for hydroxylation is 1. The highest BCUT2D eigenvalue weighted by Crippen LogP contribution is 2.42. The fraction of sp³-hybridized carbons (Fsp3) is 0.545. The van der Waals surface area contributed by atoms with E-state index in [-0.39, 0.29) is 24.5 Å². The minimum absolute atomic E-state index is 0.136. The zero-order valence-electron chi connectivity index (χ0n) is 18.0. The second-order valence-electron chi connectivity index (χ2n) is 8.78. The van der Waals surface area contributed by atoms with Gasteiger partial charge in [0.25, 0.3) is 0 Å². The smallest absolute Gasteiger partial charge is 0.417 e. The number of halogens is 3. The summed E-state index contributed by atoms with van der Waals surface area (Å²) >= 11 is 0. The largest absolute Gasteiger partial charge is 0.481 e. The monoisotopic (exact) mass is 486 g/mol. The molecule has 33 heavy (non-hydrogen) atoms. The fourth-order valence-corrected chi connectivity index (χ4v) is 6.82. The van der Waals surface area contributed by atoms with Crippen LogP contribution in [0, 0.1) is 5.92 Å². The van der Waals surface area contributed by atoms with E-state index in [4.69, 9.17) is 4.74 Å². The third-order valence-corrected chi connectivity index (χ3v) is 8.75. The summed E-state index contributed by atoms with van der Waals surface area (Å²) in [6.07, 6.45) is 0.0650. The molecule has 180 valence electrons. The number of sulfone groups is 1. The molecule has 0 bridgehead atoms. The number of aromatic nitrogens is 2. The summed E-state index contributed by atoms with van der Waals surface area (Å²) in [6, 6.07) is 3.08. The Kier molecular flexibility index (Phi) is 6.30. The number of carbonyl (C=O) groups is 1. The normalized spacial score (nSPS) is 24.4. The average molecular weight is 487 g/mol. The van der Waals surface area contributed by atoms with Crippen molar-refractivity contribution in [3.05, 3.63) is 36.2 Å². The lowest BCUT2D eigenvalue weighted by Gasteiger charge is -2.21. The number of rotatable bonds is 6. The van der Waals surface area contributed by atoms with Gasteiger partial charge in [-0.3, -0.25) is 9.48 Å². The molecule has 1 N–H and O–H groups in total. The van der Waals surface area contributed by atoms with Crippen molar-refractivity contribution in [1.29, 1.82) is 0 Å². The number of carboxylic acid groups (broad SMARTS) is 1. The Hall–Kier alpha value is -2.40. The van der Waals surface area contributed by atoms with Crippen LogP contribution in [0.1, 0.15) is 44.1 Å². The highest BCUT2D eigenvalue weighted by molar-refractivity contribution is 7.92. The van der Waals surface area contributed by atoms with Crippen LogP contribution in [0.2, 0.25) is 0 Å². The maximum absolute atomic E-state index is 13.9. The first kappa shape index (κ1) is 23.7. The molecule has 11 heteroatoms. The topological polar surface area (TPSA) is 98.5 Å². The molecule has 1 aromatic heterocycles. The van der Waals surface area contributed by atoms with Crippen LogP contribution in [-0.2, 0) is 32.6 Å². The molecule has 3 atom stereocenters. The number of alkyl halides is 3. The van der Waals surface area contributed by atoms with E-state index in [2.05, 4.69) is 5.10 Å². The lowest BCUT2D eigenvalue weighted by Crippen LogP contribution is -2.28. The summed E-state index contributed by atoms with van der Waals surface area (Å²) in [4.78, 5) is 10.9. The molecule has 2 aromatic rings. The number of carboxylic acids is 1. The third-order valence-electron chi connectivity index (χ3n) is 6.52. The predicted octanol–water partition coefficient (Wildman–Crippen LogP) is 4.07. The first-order chi connectivity index (χ1) is 15.5. The van der Waals surface area contributed by atoms with Crippen molar-refractivity contribution in [2.75, 3.05) is 0 Å². The van der Waals surface area contributed by atoms with E-state index in [1.165, 1.54) is 23.1 Å². The van der Waals surface area contributed by atoms with E-state index in [9.17, 15) is 31.5 Å². The lowest BCUT2D eigenvalue weighted by atomic mass is 10.1. The van der Waals surface area contributed by atoms with Crippen molar-refractivity contribution in [3.8, 4) is 11.1 Å². The van der Waals surface area contributed by atoms with Gasteiger partial charge in [-0.05, 0) is 43.4 Å². The van der Waals surface area contributed by atoms with Crippen LogP contribution in [0.4, 0.5) is 13.2 Å². The van der Waals surface area contributed by atoms with E-state index in [1.54, 1.807) is 7.05 Å². The summed E-state index contributed by atoms with van der Waals surface area (Å²) in [5, 5.41) is 12.3. The predicted molar refractivity (Wildman–Crippen MR) is 112 cm³/mol. The minimum atomic E-state index is -4.91. The van der Waals surface area contributed by atoms with Crippen molar-refractivity contribution >= 4 is 15.8 Å². The highest BCUT2D eigenvalue weighted by atomic mass is 32.2. The third kappa shape index (κ3) is 4.79. The Morgan fingerprint density at radius 3 is 2.45 bits per heavy atom. The van der Waals surface area contributed by atoms with Gasteiger partial charge in [-0.1, -0.05) is 18.9 Å². The zero-order valence-corrected chi connectivity index (χ0v) is 18.8. The van der Waals surface area contributed by atoms with E-state index < -0.39 is 49.7 Å². The van der Waals surface area contributed by atoms with Crippen molar-refractivity contribution < 1.29 is 36.2 Å². The zero-order chi connectivity index (χ0) is 24.0. The maximum Gasteiger partial charge on any atom is 0.417 e. The van der Waals surface area contributed by atoms with E-state index in [0.717, 1.165) is 37.8 Å². The molecule has 0 unspecified atom stereocenters. The minimum Gasteiger partial charge on any atom is -0.481 e. The summed E-state index contributed by atoms with van der Waals surface area (Å²) in [7, 11) is -2.84. The summed E-state index contributed by atoms with van der Waals surface area (Å²) in [6.45, 7) is 0. The molecular weight excluding hydrogens is 461 g/mol. The van der Waals surface area contributed by atoms with Gasteiger partial charge in [-0.2, -0.15) is 18.3 Å². The first-order valence-electron chi connectivity index (χ1n) is 10.8. The van der Waals surface area contributed by atoms with Crippen molar-refractivity contribution in [1.82, 2.24) is 9.78 Å². The van der Waals surface area contributed by atoms with Crippen LogP contribution in [-0.4, -0.2) is 46.7 Å². The molecular formula is C22H25F3N2O5S. The van der Waals surface area contributed by atoms with Gasteiger partial charge < -0.3 is 9.84 Å². The van der Waals surface area contributed by atoms with Gasteiger partial charge in [0.15, 0.2) is 9.84 Å². The summed E-state index contributed by atoms with van der Waals surface area (Å²) in [5.41, 5.74) is -0.661. The first-order valence-corrected chi connectivity index (χ1v) is 12.3. The van der Waals surface area contributed by atoms with E-state index in [1.807, 2.05) is 0 Å². The Labute approximate surface area is 189 Å². The number of hydrogen-bond donors (Lipinski definition) is 1. The molecule has 2 saturated carbocycles. The van der Waals surface area contributed by atoms with Gasteiger partial charge in [0.2, 0.25) is 0 Å². The van der Waals surface area contributed by atoms with Crippen LogP contribution in [0.25, 0.3) is 11.1 Å². The lowest BCUT2D eigenvalue weighted by molar-refractivity contribution is -0.147. The number of aliphatic carboxylic acids is 1. The summed E-state index contributed by atoms with van der Waals surface area (Å²) < 4.78 is 75.8. The standard InChI is InChI=1S/C22H25F3N2O5S/c1-27-12-14(11-26-27)13-6-7-20(18(8-13)22(23,24)25)33(30,31)16-9-17(21(28)29)19(10-16)32-15-4-2-3-5-15/h6-8,11-12,15-17,19H,2-5,9-10H2,1H3,(H,28,29)/t16-,17-,19-/m1/s1. The van der Waals surface area contributed by atoms with Crippen LogP contribution in [0.5, 0.6) is 0 Å². The molecule has 4 rings (SSSR count). The number of hydrogen-bond acceptors (Lipinski definition) is 5. The molecule has 0 aliphatic heterocycles. The average Bonchev–Trinajstić information content (AvgIpc) is 3.48. The second kappa shape index (κ2) is 8.75. The van der Waals surface area contributed by atoms with Gasteiger partial charge in [-0.25, -0.2) is 8.42 Å². The van der Waals surface area contributed by atoms with Crippen LogP contribution >= 0.6 is 0 Å². The van der Waals surface area contributed by atoms with Gasteiger partial charge in [0.1, 0.15) is 0 Å². The molecule has 7 nitrogen and oxygen atoms in total. The van der Waals surface area contributed by atoms with Crippen molar-refractivity contribution in [3.63, 3.8) is 0 Å². The molecule has 0 saturated heterocycles. The molecule has 0 radical (unpaired) electrons. The molecule has 1 heterocycles. The molecule has 1 aromatic carbocycles. The van der Waals surface area contributed by atoms with Crippen LogP contribution in [0.3, 0.4) is 0 Å². The van der Waals surface area contributed by atoms with Gasteiger partial charge in [-0.15, -0.1) is 0 Å². The Balaban J connectivity index is 1.67. The Bertz CT molecular complexity index is 1140. The molecule has 0 amide bonds. The molecule has 2 aliphatic carbocycles. The maximum atomic E-state index is 13.9. The quantitative estimate of drug-likeness (QED) is 0.661. The number of ether oxygens (including phenoxy) is 1.